The highest BCUT2D eigenvalue weighted by molar-refractivity contribution is 7.99. The first-order chi connectivity index (χ1) is 9.73. The Morgan fingerprint density at radius 1 is 0.857 bits per heavy atom. The molecular formula is C12H7F4NO2S2. The van der Waals surface area contributed by atoms with E-state index in [0.717, 1.165) is 0 Å². The van der Waals surface area contributed by atoms with Crippen LogP contribution in [0.1, 0.15) is 0 Å². The van der Waals surface area contributed by atoms with E-state index in [4.69, 9.17) is 0 Å². The van der Waals surface area contributed by atoms with E-state index in [-0.39, 0.29) is 0 Å². The topological polar surface area (TPSA) is 60.2 Å². The van der Waals surface area contributed by atoms with Crippen molar-refractivity contribution in [1.82, 2.24) is 0 Å². The zero-order valence-electron chi connectivity index (χ0n) is 10.1. The lowest BCUT2D eigenvalue weighted by Crippen LogP contribution is -2.19. The molecule has 9 heteroatoms. The van der Waals surface area contributed by atoms with Crippen LogP contribution in [-0.4, -0.2) is 8.42 Å². The Morgan fingerprint density at radius 3 is 1.76 bits per heavy atom. The number of sulfonamides is 1. The molecule has 21 heavy (non-hydrogen) atoms. The molecule has 0 saturated heterocycles. The van der Waals surface area contributed by atoms with Crippen LogP contribution < -0.4 is 5.14 Å². The molecule has 0 heterocycles. The highest BCUT2D eigenvalue weighted by Crippen LogP contribution is 2.36. The Hall–Kier alpha value is -1.58. The minimum Gasteiger partial charge on any atom is -0.224 e. The molecule has 0 atom stereocenters. The van der Waals surface area contributed by atoms with Crippen molar-refractivity contribution >= 4 is 21.8 Å². The third-order valence-corrected chi connectivity index (χ3v) is 4.43. The first-order valence-corrected chi connectivity index (χ1v) is 7.71. The zero-order chi connectivity index (χ0) is 15.8. The molecule has 0 aliphatic carbocycles. The van der Waals surface area contributed by atoms with Gasteiger partial charge in [-0.3, -0.25) is 0 Å². The van der Waals surface area contributed by atoms with Gasteiger partial charge in [0.2, 0.25) is 10.0 Å². The van der Waals surface area contributed by atoms with Crippen molar-refractivity contribution < 1.29 is 26.0 Å². The lowest BCUT2D eigenvalue weighted by Gasteiger charge is -2.10. The molecule has 0 saturated carbocycles. The molecule has 2 aromatic rings. The second-order valence-electron chi connectivity index (χ2n) is 3.87. The first kappa shape index (κ1) is 15.8. The monoisotopic (exact) mass is 337 g/mol. The van der Waals surface area contributed by atoms with Gasteiger partial charge in [0.1, 0.15) is 0 Å². The summed E-state index contributed by atoms with van der Waals surface area (Å²) in [5.74, 6) is -7.72. The number of primary sulfonamides is 1. The standard InChI is InChI=1S/C12H7F4NO2S2/c13-7-9(15)12(21(17,18)19)10(16)8(14)11(7)20-6-4-2-1-3-5-6/h1-5H,(H2,17,18,19). The summed E-state index contributed by atoms with van der Waals surface area (Å²) in [4.78, 5) is -2.49. The Balaban J connectivity index is 2.65. The molecule has 2 aromatic carbocycles. The van der Waals surface area contributed by atoms with Crippen LogP contribution in [0.5, 0.6) is 0 Å². The summed E-state index contributed by atoms with van der Waals surface area (Å²) in [6.07, 6.45) is 0. The normalized spacial score (nSPS) is 11.7. The van der Waals surface area contributed by atoms with Gasteiger partial charge < -0.3 is 0 Å². The summed E-state index contributed by atoms with van der Waals surface area (Å²) in [5.41, 5.74) is 0. The second kappa shape index (κ2) is 5.66. The van der Waals surface area contributed by atoms with Gasteiger partial charge in [0, 0.05) is 4.90 Å². The van der Waals surface area contributed by atoms with Crippen molar-refractivity contribution in [2.24, 2.45) is 5.14 Å². The summed E-state index contributed by atoms with van der Waals surface area (Å²) >= 11 is 0.423. The van der Waals surface area contributed by atoms with E-state index in [1.54, 1.807) is 18.2 Å². The van der Waals surface area contributed by atoms with Gasteiger partial charge in [-0.1, -0.05) is 30.0 Å². The van der Waals surface area contributed by atoms with Gasteiger partial charge in [-0.05, 0) is 12.1 Å². The molecule has 3 nitrogen and oxygen atoms in total. The van der Waals surface area contributed by atoms with Crippen LogP contribution in [0, 0.1) is 23.3 Å². The third kappa shape index (κ3) is 3.04. The molecule has 2 rings (SSSR count). The zero-order valence-corrected chi connectivity index (χ0v) is 11.7. The highest BCUT2D eigenvalue weighted by Gasteiger charge is 2.31. The highest BCUT2D eigenvalue weighted by atomic mass is 32.2. The van der Waals surface area contributed by atoms with E-state index in [0.29, 0.717) is 16.7 Å². The van der Waals surface area contributed by atoms with Gasteiger partial charge >= 0.3 is 0 Å². The van der Waals surface area contributed by atoms with E-state index in [1.165, 1.54) is 12.1 Å². The molecule has 0 aliphatic rings. The number of nitrogens with two attached hydrogens (primary N) is 1. The first-order valence-electron chi connectivity index (χ1n) is 5.35. The SMILES string of the molecule is NS(=O)(=O)c1c(F)c(F)c(Sc2ccccc2)c(F)c1F. The largest absolute Gasteiger partial charge is 0.244 e. The number of halogens is 4. The molecule has 0 spiro atoms. The van der Waals surface area contributed by atoms with Crippen molar-refractivity contribution in [3.8, 4) is 0 Å². The smallest absolute Gasteiger partial charge is 0.224 e. The van der Waals surface area contributed by atoms with E-state index in [1.807, 2.05) is 0 Å². The Bertz CT molecular complexity index is 766. The Kier molecular flexibility index (Phi) is 4.26. The number of rotatable bonds is 3. The predicted molar refractivity (Wildman–Crippen MR) is 68.2 cm³/mol. The summed E-state index contributed by atoms with van der Waals surface area (Å²) in [5, 5.41) is 4.55. The molecule has 0 radical (unpaired) electrons. The minimum absolute atomic E-state index is 0.317. The lowest BCUT2D eigenvalue weighted by molar-refractivity contribution is 0.395. The average Bonchev–Trinajstić information content (AvgIpc) is 2.41. The van der Waals surface area contributed by atoms with Gasteiger partial charge in [-0.2, -0.15) is 0 Å². The summed E-state index contributed by atoms with van der Waals surface area (Å²) in [6.45, 7) is 0. The average molecular weight is 337 g/mol. The van der Waals surface area contributed by atoms with Crippen LogP contribution in [0.25, 0.3) is 0 Å². The van der Waals surface area contributed by atoms with Crippen molar-refractivity contribution in [3.63, 3.8) is 0 Å². The van der Waals surface area contributed by atoms with Crippen LogP contribution in [0.4, 0.5) is 17.6 Å². The van der Waals surface area contributed by atoms with Gasteiger partial charge in [0.15, 0.2) is 28.2 Å². The van der Waals surface area contributed by atoms with E-state index in [2.05, 4.69) is 5.14 Å². The van der Waals surface area contributed by atoms with Crippen LogP contribution in [-0.2, 0) is 10.0 Å². The van der Waals surface area contributed by atoms with E-state index in [9.17, 15) is 26.0 Å². The van der Waals surface area contributed by atoms with Crippen LogP contribution in [0.3, 0.4) is 0 Å². The second-order valence-corrected chi connectivity index (χ2v) is 6.46. The molecule has 0 aromatic heterocycles. The van der Waals surface area contributed by atoms with Gasteiger partial charge in [-0.25, -0.2) is 31.1 Å². The van der Waals surface area contributed by atoms with Gasteiger partial charge in [0.05, 0.1) is 4.90 Å². The van der Waals surface area contributed by atoms with E-state index < -0.39 is 43.1 Å². The number of hydrogen-bond acceptors (Lipinski definition) is 3. The molecule has 0 aliphatic heterocycles. The minimum atomic E-state index is -4.94. The maximum Gasteiger partial charge on any atom is 0.244 e. The van der Waals surface area contributed by atoms with Crippen molar-refractivity contribution in [2.45, 2.75) is 14.7 Å². The van der Waals surface area contributed by atoms with Crippen LogP contribution >= 0.6 is 11.8 Å². The summed E-state index contributed by atoms with van der Waals surface area (Å²) in [6, 6.07) is 7.69. The molecule has 0 fully saturated rings. The molecular weight excluding hydrogens is 330 g/mol. The van der Waals surface area contributed by atoms with Crippen molar-refractivity contribution in [2.75, 3.05) is 0 Å². The Labute approximate surface area is 121 Å². The van der Waals surface area contributed by atoms with Crippen molar-refractivity contribution in [3.05, 3.63) is 53.6 Å². The molecule has 0 bridgehead atoms. The van der Waals surface area contributed by atoms with Gasteiger partial charge in [-0.15, -0.1) is 0 Å². The van der Waals surface area contributed by atoms with Crippen LogP contribution in [0.15, 0.2) is 45.0 Å². The molecule has 112 valence electrons. The fraction of sp³-hybridized carbons (Fsp3) is 0. The lowest BCUT2D eigenvalue weighted by atomic mass is 10.3. The molecule has 0 unspecified atom stereocenters. The molecule has 0 amide bonds. The quantitative estimate of drug-likeness (QED) is 0.692. The maximum absolute atomic E-state index is 13.8. The summed E-state index contributed by atoms with van der Waals surface area (Å²) in [7, 11) is -4.94. The van der Waals surface area contributed by atoms with E-state index >= 15 is 0 Å². The predicted octanol–water partition coefficient (Wildman–Crippen LogP) is 3.04. The maximum atomic E-state index is 13.8. The molecule has 2 N–H and O–H groups in total. The third-order valence-electron chi connectivity index (χ3n) is 2.43. The van der Waals surface area contributed by atoms with Crippen LogP contribution in [0.2, 0.25) is 0 Å². The van der Waals surface area contributed by atoms with Gasteiger partial charge in [0.25, 0.3) is 0 Å². The number of hydrogen-bond donors (Lipinski definition) is 1. The fourth-order valence-corrected chi connectivity index (χ4v) is 3.10. The van der Waals surface area contributed by atoms with Crippen molar-refractivity contribution in [1.29, 1.82) is 0 Å². The summed E-state index contributed by atoms with van der Waals surface area (Å²) < 4.78 is 76.9. The number of benzene rings is 2. The fourth-order valence-electron chi connectivity index (χ4n) is 1.54. The Morgan fingerprint density at radius 2 is 1.33 bits per heavy atom.